The zero-order valence-corrected chi connectivity index (χ0v) is 15.6. The quantitative estimate of drug-likeness (QED) is 0.408. The van der Waals surface area contributed by atoms with Gasteiger partial charge in [-0.05, 0) is 24.5 Å². The van der Waals surface area contributed by atoms with Crippen LogP contribution in [0.1, 0.15) is 61.8 Å². The van der Waals surface area contributed by atoms with Gasteiger partial charge in [0.1, 0.15) is 10.1 Å². The van der Waals surface area contributed by atoms with Gasteiger partial charge in [-0.1, -0.05) is 63.3 Å². The smallest absolute Gasteiger partial charge is 0.747 e. The third-order valence-electron chi connectivity index (χ3n) is 3.45. The van der Waals surface area contributed by atoms with Gasteiger partial charge < -0.3 is 4.55 Å². The Morgan fingerprint density at radius 2 is 1.70 bits per heavy atom. The van der Waals surface area contributed by atoms with E-state index in [1.807, 2.05) is 19.1 Å². The fraction of sp³-hybridized carbons (Fsp3) is 0.600. The molecule has 0 saturated carbocycles. The van der Waals surface area contributed by atoms with E-state index in [1.165, 1.54) is 6.42 Å². The van der Waals surface area contributed by atoms with Crippen molar-refractivity contribution in [1.29, 1.82) is 0 Å². The number of aryl methyl sites for hydroxylation is 1. The van der Waals surface area contributed by atoms with E-state index in [0.29, 0.717) is 12.0 Å². The summed E-state index contributed by atoms with van der Waals surface area (Å²) in [4.78, 5) is 0. The average Bonchev–Trinajstić information content (AvgIpc) is 2.34. The number of benzene rings is 1. The van der Waals surface area contributed by atoms with E-state index in [4.69, 9.17) is 0 Å². The molecule has 5 heteroatoms. The van der Waals surface area contributed by atoms with Gasteiger partial charge in [0.15, 0.2) is 0 Å². The van der Waals surface area contributed by atoms with Crippen molar-refractivity contribution >= 4 is 10.1 Å². The molecule has 1 aromatic rings. The molecular weight excluding hydrogens is 283 g/mol. The third-order valence-corrected chi connectivity index (χ3v) is 4.64. The van der Waals surface area contributed by atoms with Crippen molar-refractivity contribution in [3.8, 4) is 0 Å². The second-order valence-corrected chi connectivity index (χ2v) is 6.60. The molecule has 0 radical (unpaired) electrons. The molecule has 0 spiro atoms. The minimum Gasteiger partial charge on any atom is -0.747 e. The van der Waals surface area contributed by atoms with E-state index in [9.17, 15) is 13.0 Å². The summed E-state index contributed by atoms with van der Waals surface area (Å²) in [5.41, 5.74) is 1.54. The standard InChI is InChI=1S/C15H24O3S.Na/c1-3-4-5-6-7-12-15(19(16,17)18)14-11-9-8-10-13(14)2;/h8-11,15H,3-7,12H2,1-2H3,(H,16,17,18);/q;+1/p-1. The van der Waals surface area contributed by atoms with Gasteiger partial charge in [-0.3, -0.25) is 0 Å². The first-order valence-electron chi connectivity index (χ1n) is 6.97. The molecule has 0 aromatic heterocycles. The van der Waals surface area contributed by atoms with Crippen molar-refractivity contribution in [2.24, 2.45) is 0 Å². The summed E-state index contributed by atoms with van der Waals surface area (Å²) < 4.78 is 34.3. The van der Waals surface area contributed by atoms with Crippen molar-refractivity contribution in [3.63, 3.8) is 0 Å². The van der Waals surface area contributed by atoms with E-state index in [0.717, 1.165) is 31.2 Å². The maximum atomic E-state index is 11.4. The van der Waals surface area contributed by atoms with Crippen molar-refractivity contribution in [2.75, 3.05) is 0 Å². The third kappa shape index (κ3) is 6.72. The Bertz CT molecular complexity index is 486. The molecule has 0 aliphatic rings. The molecule has 3 nitrogen and oxygen atoms in total. The van der Waals surface area contributed by atoms with E-state index in [-0.39, 0.29) is 29.6 Å². The maximum Gasteiger partial charge on any atom is 1.00 e. The minimum atomic E-state index is -4.28. The molecule has 0 aliphatic carbocycles. The van der Waals surface area contributed by atoms with Crippen LogP contribution in [0.2, 0.25) is 0 Å². The van der Waals surface area contributed by atoms with Gasteiger partial charge in [0.2, 0.25) is 0 Å². The predicted octanol–water partition coefficient (Wildman–Crippen LogP) is 0.946. The molecular formula is C15H23NaO3S. The number of hydrogen-bond donors (Lipinski definition) is 0. The summed E-state index contributed by atoms with van der Waals surface area (Å²) in [6.45, 7) is 3.99. The van der Waals surface area contributed by atoms with Crippen molar-refractivity contribution in [3.05, 3.63) is 35.4 Å². The maximum absolute atomic E-state index is 11.4. The van der Waals surface area contributed by atoms with Crippen molar-refractivity contribution in [1.82, 2.24) is 0 Å². The van der Waals surface area contributed by atoms with Crippen LogP contribution in [0.25, 0.3) is 0 Å². The van der Waals surface area contributed by atoms with Crippen LogP contribution < -0.4 is 29.6 Å². The molecule has 1 atom stereocenters. The molecule has 0 bridgehead atoms. The molecule has 0 amide bonds. The molecule has 0 fully saturated rings. The van der Waals surface area contributed by atoms with Gasteiger partial charge in [0.05, 0.1) is 5.25 Å². The number of unbranched alkanes of at least 4 members (excludes halogenated alkanes) is 4. The second kappa shape index (κ2) is 9.96. The Morgan fingerprint density at radius 3 is 2.25 bits per heavy atom. The summed E-state index contributed by atoms with van der Waals surface area (Å²) in [7, 11) is -4.28. The van der Waals surface area contributed by atoms with Gasteiger partial charge in [0.25, 0.3) is 0 Å². The molecule has 20 heavy (non-hydrogen) atoms. The van der Waals surface area contributed by atoms with Crippen LogP contribution in [0.5, 0.6) is 0 Å². The second-order valence-electron chi connectivity index (χ2n) is 5.04. The summed E-state index contributed by atoms with van der Waals surface area (Å²) in [5.74, 6) is 0. The number of rotatable bonds is 8. The van der Waals surface area contributed by atoms with Crippen LogP contribution in [0.15, 0.2) is 24.3 Å². The largest absolute Gasteiger partial charge is 1.00 e. The van der Waals surface area contributed by atoms with Crippen LogP contribution in [0, 0.1) is 6.92 Å². The first-order chi connectivity index (χ1) is 8.96. The zero-order chi connectivity index (χ0) is 14.3. The Morgan fingerprint density at radius 1 is 1.10 bits per heavy atom. The molecule has 1 rings (SSSR count). The van der Waals surface area contributed by atoms with Crippen LogP contribution >= 0.6 is 0 Å². The molecule has 108 valence electrons. The Labute approximate surface area is 145 Å². The van der Waals surface area contributed by atoms with Crippen LogP contribution in [0.3, 0.4) is 0 Å². The first-order valence-corrected chi connectivity index (χ1v) is 8.44. The van der Waals surface area contributed by atoms with Gasteiger partial charge in [0, 0.05) is 0 Å². The van der Waals surface area contributed by atoms with E-state index in [1.54, 1.807) is 12.1 Å². The fourth-order valence-corrected chi connectivity index (χ4v) is 3.37. The summed E-state index contributed by atoms with van der Waals surface area (Å²) >= 11 is 0. The van der Waals surface area contributed by atoms with Crippen LogP contribution in [-0.2, 0) is 10.1 Å². The summed E-state index contributed by atoms with van der Waals surface area (Å²) in [6, 6.07) is 7.25. The molecule has 0 aliphatic heterocycles. The van der Waals surface area contributed by atoms with Crippen molar-refractivity contribution < 1.29 is 42.5 Å². The monoisotopic (exact) mass is 306 g/mol. The van der Waals surface area contributed by atoms with E-state index in [2.05, 4.69) is 6.92 Å². The summed E-state index contributed by atoms with van der Waals surface area (Å²) in [5, 5.41) is -0.893. The zero-order valence-electron chi connectivity index (χ0n) is 12.8. The molecule has 0 heterocycles. The molecule has 1 unspecified atom stereocenters. The minimum absolute atomic E-state index is 0. The van der Waals surface area contributed by atoms with Gasteiger partial charge in [-0.2, -0.15) is 0 Å². The Hall–Kier alpha value is 0.130. The topological polar surface area (TPSA) is 57.2 Å². The predicted molar refractivity (Wildman–Crippen MR) is 77.0 cm³/mol. The Balaban J connectivity index is 0.00000361. The number of hydrogen-bond acceptors (Lipinski definition) is 3. The van der Waals surface area contributed by atoms with E-state index >= 15 is 0 Å². The van der Waals surface area contributed by atoms with Crippen LogP contribution in [0.4, 0.5) is 0 Å². The fourth-order valence-electron chi connectivity index (χ4n) is 2.34. The average molecular weight is 306 g/mol. The van der Waals surface area contributed by atoms with Gasteiger partial charge in [-0.25, -0.2) is 8.42 Å². The van der Waals surface area contributed by atoms with Gasteiger partial charge in [-0.15, -0.1) is 0 Å². The Kier molecular flexibility index (Phi) is 10.0. The van der Waals surface area contributed by atoms with Crippen LogP contribution in [-0.4, -0.2) is 13.0 Å². The molecule has 0 N–H and O–H groups in total. The first kappa shape index (κ1) is 20.1. The SMILES string of the molecule is CCCCCCCC(c1ccccc1C)S(=O)(=O)[O-].[Na+]. The van der Waals surface area contributed by atoms with E-state index < -0.39 is 15.4 Å². The van der Waals surface area contributed by atoms with Gasteiger partial charge >= 0.3 is 29.6 Å². The molecule has 1 aromatic carbocycles. The van der Waals surface area contributed by atoms with Crippen molar-refractivity contribution in [2.45, 2.75) is 57.6 Å². The normalized spacial score (nSPS) is 12.8. The molecule has 0 saturated heterocycles. The summed E-state index contributed by atoms with van der Waals surface area (Å²) in [6.07, 6.45) is 5.64.